The molecule has 0 amide bonds. The van der Waals surface area contributed by atoms with E-state index in [4.69, 9.17) is 16.0 Å². The lowest BCUT2D eigenvalue weighted by atomic mass is 10.0. The van der Waals surface area contributed by atoms with Gasteiger partial charge < -0.3 is 4.42 Å². The average Bonchev–Trinajstić information content (AvgIpc) is 2.81. The molecule has 0 aliphatic rings. The Bertz CT molecular complexity index is 1610. The molecule has 1 N–H and O–H groups in total. The maximum atomic E-state index is 14.1. The van der Waals surface area contributed by atoms with Crippen molar-refractivity contribution in [3.63, 3.8) is 0 Å². The van der Waals surface area contributed by atoms with E-state index in [-0.39, 0.29) is 39.4 Å². The largest absolute Gasteiger partial charge is 0.423 e. The molecular weight excluding hydrogens is 522 g/mol. The van der Waals surface area contributed by atoms with E-state index in [0.717, 1.165) is 0 Å². The lowest BCUT2D eigenvalue weighted by Gasteiger charge is -2.12. The van der Waals surface area contributed by atoms with Crippen LogP contribution >= 0.6 is 11.6 Å². The number of alkyl halides is 3. The summed E-state index contributed by atoms with van der Waals surface area (Å²) in [5.41, 5.74) is -0.603. The smallest absolute Gasteiger partial charge is 0.417 e. The van der Waals surface area contributed by atoms with Crippen LogP contribution in [0.1, 0.15) is 27.8 Å². The van der Waals surface area contributed by atoms with Crippen molar-refractivity contribution in [3.05, 3.63) is 110 Å². The molecule has 0 aliphatic heterocycles. The fraction of sp³-hybridized carbons (Fsp3) is 0.160. The molecule has 1 heterocycles. The third-order valence-electron chi connectivity index (χ3n) is 5.57. The molecule has 5 nitrogen and oxygen atoms in total. The summed E-state index contributed by atoms with van der Waals surface area (Å²) in [4.78, 5) is 11.4. The van der Waals surface area contributed by atoms with Gasteiger partial charge in [0.1, 0.15) is 11.4 Å². The number of aryl methyl sites for hydroxylation is 1. The molecule has 0 spiro atoms. The maximum absolute atomic E-state index is 14.1. The highest BCUT2D eigenvalue weighted by molar-refractivity contribution is 7.89. The Labute approximate surface area is 208 Å². The molecule has 0 fully saturated rings. The molecule has 36 heavy (non-hydrogen) atoms. The Morgan fingerprint density at radius 1 is 0.972 bits per heavy atom. The highest BCUT2D eigenvalue weighted by Gasteiger charge is 2.34. The molecule has 0 bridgehead atoms. The molecule has 0 unspecified atom stereocenters. The molecule has 0 atom stereocenters. The van der Waals surface area contributed by atoms with Crippen molar-refractivity contribution < 1.29 is 30.4 Å². The zero-order valence-corrected chi connectivity index (χ0v) is 20.2. The number of fused-ring (bicyclic) bond motifs is 1. The minimum Gasteiger partial charge on any atom is -0.423 e. The first-order valence-electron chi connectivity index (χ1n) is 10.5. The Morgan fingerprint density at radius 3 is 2.31 bits per heavy atom. The van der Waals surface area contributed by atoms with Crippen LogP contribution in [0.25, 0.3) is 11.0 Å². The van der Waals surface area contributed by atoms with Crippen molar-refractivity contribution in [2.75, 3.05) is 0 Å². The van der Waals surface area contributed by atoms with Crippen molar-refractivity contribution in [2.24, 2.45) is 0 Å². The Hall–Kier alpha value is -3.21. The summed E-state index contributed by atoms with van der Waals surface area (Å²) in [5, 5.41) is -0.110. The molecule has 0 saturated heterocycles. The fourth-order valence-corrected chi connectivity index (χ4v) is 4.92. The molecule has 188 valence electrons. The van der Waals surface area contributed by atoms with Gasteiger partial charge in [0.05, 0.1) is 15.5 Å². The van der Waals surface area contributed by atoms with Gasteiger partial charge in [-0.1, -0.05) is 35.9 Å². The lowest BCUT2D eigenvalue weighted by Crippen LogP contribution is -2.24. The predicted molar refractivity (Wildman–Crippen MR) is 127 cm³/mol. The molecule has 0 radical (unpaired) electrons. The molecule has 1 aromatic heterocycles. The summed E-state index contributed by atoms with van der Waals surface area (Å²) in [6, 6.07) is 12.9. The number of rotatable bonds is 6. The number of benzene rings is 3. The first-order valence-corrected chi connectivity index (χ1v) is 12.4. The zero-order valence-electron chi connectivity index (χ0n) is 18.6. The number of nitrogens with one attached hydrogen (secondary N) is 1. The van der Waals surface area contributed by atoms with Gasteiger partial charge >= 0.3 is 11.8 Å². The molecule has 0 saturated carbocycles. The Kier molecular flexibility index (Phi) is 6.96. The van der Waals surface area contributed by atoms with Crippen molar-refractivity contribution in [1.82, 2.24) is 4.72 Å². The van der Waals surface area contributed by atoms with Crippen LogP contribution in [0, 0.1) is 12.7 Å². The van der Waals surface area contributed by atoms with Gasteiger partial charge in [-0.3, -0.25) is 0 Å². The zero-order chi connectivity index (χ0) is 26.3. The van der Waals surface area contributed by atoms with E-state index >= 15 is 0 Å². The lowest BCUT2D eigenvalue weighted by molar-refractivity contribution is -0.136. The average molecular weight is 540 g/mol. The summed E-state index contributed by atoms with van der Waals surface area (Å²) >= 11 is 6.09. The van der Waals surface area contributed by atoms with Gasteiger partial charge in [0.2, 0.25) is 10.0 Å². The monoisotopic (exact) mass is 539 g/mol. The Morgan fingerprint density at radius 2 is 1.64 bits per heavy atom. The SMILES string of the molecule is Cc1ccc(F)c(CNS(=O)(=O)c2ccc(Cc3ccc4oc(=O)cc(C(F)(F)F)c4c3)cc2)c1Cl. The van der Waals surface area contributed by atoms with Gasteiger partial charge in [-0.15, -0.1) is 0 Å². The van der Waals surface area contributed by atoms with Crippen LogP contribution in [-0.4, -0.2) is 8.42 Å². The third-order valence-corrected chi connectivity index (χ3v) is 7.52. The number of hydrogen-bond donors (Lipinski definition) is 1. The van der Waals surface area contributed by atoms with Gasteiger partial charge in [0.15, 0.2) is 0 Å². The molecule has 4 aromatic rings. The van der Waals surface area contributed by atoms with Gasteiger partial charge in [-0.05, 0) is 60.4 Å². The summed E-state index contributed by atoms with van der Waals surface area (Å²) in [5.74, 6) is -0.632. The second-order valence-electron chi connectivity index (χ2n) is 8.11. The predicted octanol–water partition coefficient (Wildman–Crippen LogP) is 5.98. The van der Waals surface area contributed by atoms with Crippen LogP contribution in [-0.2, 0) is 29.2 Å². The van der Waals surface area contributed by atoms with E-state index in [9.17, 15) is 30.8 Å². The van der Waals surface area contributed by atoms with E-state index < -0.39 is 33.2 Å². The molecular formula is C25H18ClF4NO4S. The van der Waals surface area contributed by atoms with Gasteiger partial charge in [-0.25, -0.2) is 22.3 Å². The van der Waals surface area contributed by atoms with E-state index in [1.165, 1.54) is 54.6 Å². The fourth-order valence-electron chi connectivity index (χ4n) is 3.70. The van der Waals surface area contributed by atoms with E-state index in [0.29, 0.717) is 22.8 Å². The second-order valence-corrected chi connectivity index (χ2v) is 10.3. The number of halogens is 5. The Balaban J connectivity index is 1.54. The first kappa shape index (κ1) is 25.9. The molecule has 3 aromatic carbocycles. The summed E-state index contributed by atoms with van der Waals surface area (Å²) < 4.78 is 86.7. The second kappa shape index (κ2) is 9.68. The van der Waals surface area contributed by atoms with Gasteiger partial charge in [0, 0.05) is 23.6 Å². The highest BCUT2D eigenvalue weighted by atomic mass is 35.5. The van der Waals surface area contributed by atoms with Gasteiger partial charge in [0.25, 0.3) is 0 Å². The maximum Gasteiger partial charge on any atom is 0.417 e. The van der Waals surface area contributed by atoms with E-state index in [1.807, 2.05) is 0 Å². The van der Waals surface area contributed by atoms with Crippen LogP contribution in [0.4, 0.5) is 17.6 Å². The summed E-state index contributed by atoms with van der Waals surface area (Å²) in [6.45, 7) is 1.33. The van der Waals surface area contributed by atoms with Crippen LogP contribution < -0.4 is 10.3 Å². The number of sulfonamides is 1. The summed E-state index contributed by atoms with van der Waals surface area (Å²) in [7, 11) is -3.99. The highest BCUT2D eigenvalue weighted by Crippen LogP contribution is 2.34. The standard InChI is InChI=1S/C25H18ClF4NO4S/c1-14-2-8-21(27)19(24(14)26)13-31-36(33,34)17-6-3-15(4-7-17)10-16-5-9-22-18(11-16)20(25(28,29)30)12-23(32)35-22/h2-9,11-12,31H,10,13H2,1H3. The third kappa shape index (κ3) is 5.45. The van der Waals surface area contributed by atoms with E-state index in [2.05, 4.69) is 4.72 Å². The molecule has 0 aliphatic carbocycles. The van der Waals surface area contributed by atoms with Crippen molar-refractivity contribution in [1.29, 1.82) is 0 Å². The van der Waals surface area contributed by atoms with Crippen LogP contribution in [0.2, 0.25) is 5.02 Å². The number of hydrogen-bond acceptors (Lipinski definition) is 4. The quantitative estimate of drug-likeness (QED) is 0.241. The molecule has 4 rings (SSSR count). The normalized spacial score (nSPS) is 12.3. The van der Waals surface area contributed by atoms with Crippen molar-refractivity contribution >= 4 is 32.6 Å². The van der Waals surface area contributed by atoms with Crippen molar-refractivity contribution in [3.8, 4) is 0 Å². The minimum atomic E-state index is -4.73. The van der Waals surface area contributed by atoms with Crippen LogP contribution in [0.3, 0.4) is 0 Å². The minimum absolute atomic E-state index is 0.0298. The van der Waals surface area contributed by atoms with Crippen molar-refractivity contribution in [2.45, 2.75) is 31.0 Å². The summed E-state index contributed by atoms with van der Waals surface area (Å²) in [6.07, 6.45) is -4.54. The van der Waals surface area contributed by atoms with Gasteiger partial charge in [-0.2, -0.15) is 13.2 Å². The van der Waals surface area contributed by atoms with Crippen LogP contribution in [0.5, 0.6) is 0 Å². The van der Waals surface area contributed by atoms with E-state index in [1.54, 1.807) is 6.92 Å². The first-order chi connectivity index (χ1) is 16.8. The molecule has 11 heteroatoms. The van der Waals surface area contributed by atoms with Crippen LogP contribution in [0.15, 0.2) is 74.8 Å². The topological polar surface area (TPSA) is 76.4 Å².